The molecule has 146 valence electrons. The van der Waals surface area contributed by atoms with Gasteiger partial charge >= 0.3 is 5.97 Å². The molecular formula is C24H19BrO4. The van der Waals surface area contributed by atoms with Crippen LogP contribution in [0.4, 0.5) is 0 Å². The van der Waals surface area contributed by atoms with E-state index in [4.69, 9.17) is 9.47 Å². The number of carbonyl (C=O) groups excluding carboxylic acids is 2. The molecule has 3 aromatic rings. The van der Waals surface area contributed by atoms with Gasteiger partial charge in [-0.25, -0.2) is 4.79 Å². The molecule has 0 aliphatic carbocycles. The van der Waals surface area contributed by atoms with Gasteiger partial charge in [-0.3, -0.25) is 4.79 Å². The van der Waals surface area contributed by atoms with E-state index in [9.17, 15) is 9.59 Å². The Morgan fingerprint density at radius 1 is 0.828 bits per heavy atom. The number of hydrogen-bond acceptors (Lipinski definition) is 4. The highest BCUT2D eigenvalue weighted by Crippen LogP contribution is 2.17. The van der Waals surface area contributed by atoms with Crippen molar-refractivity contribution in [1.82, 2.24) is 0 Å². The fourth-order valence-electron chi connectivity index (χ4n) is 2.55. The van der Waals surface area contributed by atoms with E-state index < -0.39 is 5.97 Å². The number of hydrogen-bond donors (Lipinski definition) is 0. The van der Waals surface area contributed by atoms with Crippen LogP contribution in [0.5, 0.6) is 11.5 Å². The number of esters is 1. The van der Waals surface area contributed by atoms with Crippen molar-refractivity contribution in [2.45, 2.75) is 6.92 Å². The van der Waals surface area contributed by atoms with Crippen molar-refractivity contribution >= 4 is 33.8 Å². The van der Waals surface area contributed by atoms with Crippen LogP contribution in [-0.2, 0) is 0 Å². The number of benzene rings is 3. The number of carbonyl (C=O) groups is 2. The molecule has 3 rings (SSSR count). The third-order valence-electron chi connectivity index (χ3n) is 4.05. The highest BCUT2D eigenvalue weighted by Gasteiger charge is 2.09. The van der Waals surface area contributed by atoms with E-state index in [0.29, 0.717) is 23.5 Å². The molecule has 0 fully saturated rings. The van der Waals surface area contributed by atoms with Crippen LogP contribution in [-0.4, -0.2) is 18.4 Å². The van der Waals surface area contributed by atoms with Crippen molar-refractivity contribution < 1.29 is 19.1 Å². The first-order valence-electron chi connectivity index (χ1n) is 9.08. The highest BCUT2D eigenvalue weighted by atomic mass is 79.9. The van der Waals surface area contributed by atoms with Crippen LogP contribution in [0, 0.1) is 0 Å². The van der Waals surface area contributed by atoms with Gasteiger partial charge in [0.05, 0.1) is 12.2 Å². The molecule has 0 aromatic heterocycles. The molecular weight excluding hydrogens is 432 g/mol. The second-order valence-corrected chi connectivity index (χ2v) is 7.04. The van der Waals surface area contributed by atoms with E-state index in [0.717, 1.165) is 15.8 Å². The molecule has 0 unspecified atom stereocenters. The predicted octanol–water partition coefficient (Wildman–Crippen LogP) is 5.96. The molecule has 0 spiro atoms. The molecule has 0 N–H and O–H groups in total. The summed E-state index contributed by atoms with van der Waals surface area (Å²) in [5.74, 6) is 0.589. The number of ether oxygens (including phenoxy) is 2. The zero-order valence-corrected chi connectivity index (χ0v) is 17.4. The van der Waals surface area contributed by atoms with Gasteiger partial charge < -0.3 is 9.47 Å². The summed E-state index contributed by atoms with van der Waals surface area (Å²) >= 11 is 3.32. The third kappa shape index (κ3) is 5.90. The first-order chi connectivity index (χ1) is 14.0. The van der Waals surface area contributed by atoms with E-state index >= 15 is 0 Å². The minimum absolute atomic E-state index is 0.135. The lowest BCUT2D eigenvalue weighted by Gasteiger charge is -2.05. The van der Waals surface area contributed by atoms with Crippen molar-refractivity contribution in [2.75, 3.05) is 6.61 Å². The van der Waals surface area contributed by atoms with Crippen LogP contribution in [0.3, 0.4) is 0 Å². The van der Waals surface area contributed by atoms with Gasteiger partial charge in [0.2, 0.25) is 0 Å². The fourth-order valence-corrected chi connectivity index (χ4v) is 2.81. The maximum Gasteiger partial charge on any atom is 0.343 e. The molecule has 0 radical (unpaired) electrons. The summed E-state index contributed by atoms with van der Waals surface area (Å²) in [7, 11) is 0. The lowest BCUT2D eigenvalue weighted by Crippen LogP contribution is -2.08. The van der Waals surface area contributed by atoms with E-state index in [1.807, 2.05) is 31.2 Å². The lowest BCUT2D eigenvalue weighted by atomic mass is 10.1. The number of allylic oxidation sites excluding steroid dienone is 1. The average molecular weight is 451 g/mol. The summed E-state index contributed by atoms with van der Waals surface area (Å²) in [5.41, 5.74) is 1.86. The van der Waals surface area contributed by atoms with Crippen molar-refractivity contribution in [3.05, 3.63) is 100 Å². The largest absolute Gasteiger partial charge is 0.494 e. The van der Waals surface area contributed by atoms with Gasteiger partial charge in [0.15, 0.2) is 5.78 Å². The fraction of sp³-hybridized carbons (Fsp3) is 0.0833. The maximum atomic E-state index is 12.4. The Labute approximate surface area is 177 Å². The summed E-state index contributed by atoms with van der Waals surface area (Å²) in [6, 6.07) is 20.9. The van der Waals surface area contributed by atoms with Crippen LogP contribution in [0.1, 0.15) is 33.2 Å². The highest BCUT2D eigenvalue weighted by molar-refractivity contribution is 9.10. The van der Waals surface area contributed by atoms with Crippen molar-refractivity contribution in [2.24, 2.45) is 0 Å². The minimum atomic E-state index is -0.452. The molecule has 0 amide bonds. The van der Waals surface area contributed by atoms with Gasteiger partial charge in [-0.2, -0.15) is 0 Å². The van der Waals surface area contributed by atoms with Gasteiger partial charge in [-0.1, -0.05) is 34.1 Å². The molecule has 0 heterocycles. The van der Waals surface area contributed by atoms with Crippen LogP contribution >= 0.6 is 15.9 Å². The predicted molar refractivity (Wildman–Crippen MR) is 117 cm³/mol. The summed E-state index contributed by atoms with van der Waals surface area (Å²) in [4.78, 5) is 24.5. The van der Waals surface area contributed by atoms with Crippen LogP contribution in [0.2, 0.25) is 0 Å². The van der Waals surface area contributed by atoms with Crippen molar-refractivity contribution in [3.63, 3.8) is 0 Å². The van der Waals surface area contributed by atoms with Gasteiger partial charge in [0.1, 0.15) is 11.5 Å². The molecule has 0 aliphatic heterocycles. The standard InChI is InChI=1S/C24H19BrO4/c1-2-28-21-12-3-17(4-13-21)5-16-23(26)18-8-14-22(15-9-18)29-24(27)19-6-10-20(25)11-7-19/h3-16H,2H2,1H3. The molecule has 0 saturated heterocycles. The van der Waals surface area contributed by atoms with E-state index in [-0.39, 0.29) is 5.78 Å². The van der Waals surface area contributed by atoms with E-state index in [1.54, 1.807) is 54.6 Å². The smallest absolute Gasteiger partial charge is 0.343 e. The summed E-state index contributed by atoms with van der Waals surface area (Å²) in [6.45, 7) is 2.54. The zero-order valence-electron chi connectivity index (χ0n) is 15.8. The van der Waals surface area contributed by atoms with E-state index in [2.05, 4.69) is 15.9 Å². The Kier molecular flexibility index (Phi) is 6.98. The normalized spacial score (nSPS) is 10.7. The summed E-state index contributed by atoms with van der Waals surface area (Å²) in [6.07, 6.45) is 3.26. The zero-order chi connectivity index (χ0) is 20.6. The molecule has 0 saturated carbocycles. The Balaban J connectivity index is 1.60. The Hall–Kier alpha value is -3.18. The lowest BCUT2D eigenvalue weighted by molar-refractivity contribution is 0.0734. The van der Waals surface area contributed by atoms with Gasteiger partial charge in [-0.05, 0) is 79.2 Å². The minimum Gasteiger partial charge on any atom is -0.494 e. The maximum absolute atomic E-state index is 12.4. The third-order valence-corrected chi connectivity index (χ3v) is 4.58. The first kappa shape index (κ1) is 20.6. The monoisotopic (exact) mass is 450 g/mol. The Morgan fingerprint density at radius 2 is 1.41 bits per heavy atom. The SMILES string of the molecule is CCOc1ccc(C=CC(=O)c2ccc(OC(=O)c3ccc(Br)cc3)cc2)cc1. The van der Waals surface area contributed by atoms with E-state index in [1.165, 1.54) is 6.08 Å². The Bertz CT molecular complexity index is 1000. The van der Waals surface area contributed by atoms with Gasteiger partial charge in [0.25, 0.3) is 0 Å². The molecule has 29 heavy (non-hydrogen) atoms. The van der Waals surface area contributed by atoms with Crippen LogP contribution < -0.4 is 9.47 Å². The number of rotatable bonds is 7. The second-order valence-electron chi connectivity index (χ2n) is 6.12. The molecule has 0 aliphatic rings. The Morgan fingerprint density at radius 3 is 2.03 bits per heavy atom. The quantitative estimate of drug-likeness (QED) is 0.192. The number of ketones is 1. The average Bonchev–Trinajstić information content (AvgIpc) is 2.74. The second kappa shape index (κ2) is 9.85. The summed E-state index contributed by atoms with van der Waals surface area (Å²) < 4.78 is 11.6. The molecule has 0 bridgehead atoms. The molecule has 3 aromatic carbocycles. The van der Waals surface area contributed by atoms with Crippen molar-refractivity contribution in [1.29, 1.82) is 0 Å². The number of halogens is 1. The summed E-state index contributed by atoms with van der Waals surface area (Å²) in [5, 5.41) is 0. The van der Waals surface area contributed by atoms with Gasteiger partial charge in [-0.15, -0.1) is 0 Å². The van der Waals surface area contributed by atoms with Crippen LogP contribution in [0.15, 0.2) is 83.3 Å². The molecule has 4 nitrogen and oxygen atoms in total. The van der Waals surface area contributed by atoms with Crippen molar-refractivity contribution in [3.8, 4) is 11.5 Å². The molecule has 0 atom stereocenters. The van der Waals surface area contributed by atoms with Gasteiger partial charge in [0, 0.05) is 10.0 Å². The molecule has 5 heteroatoms. The van der Waals surface area contributed by atoms with Crippen LogP contribution in [0.25, 0.3) is 6.08 Å². The first-order valence-corrected chi connectivity index (χ1v) is 9.87. The topological polar surface area (TPSA) is 52.6 Å².